The third-order valence-corrected chi connectivity index (χ3v) is 4.51. The van der Waals surface area contributed by atoms with Crippen LogP contribution in [0.2, 0.25) is 0 Å². The van der Waals surface area contributed by atoms with Crippen LogP contribution < -0.4 is 10.2 Å². The minimum absolute atomic E-state index is 0.697. The molecule has 0 saturated carbocycles. The molecule has 1 N–H and O–H groups in total. The summed E-state index contributed by atoms with van der Waals surface area (Å²) in [5.74, 6) is 1.47. The fraction of sp³-hybridized carbons (Fsp3) is 0.211. The quantitative estimate of drug-likeness (QED) is 0.669. The Morgan fingerprint density at radius 3 is 2.64 bits per heavy atom. The molecule has 0 amide bonds. The van der Waals surface area contributed by atoms with Crippen molar-refractivity contribution < 1.29 is 0 Å². The number of nitrogens with zero attached hydrogens (tertiary/aromatic N) is 4. The molecule has 3 aromatic rings. The summed E-state index contributed by atoms with van der Waals surface area (Å²) in [6, 6.07) is 12.1. The number of anilines is 3. The molecule has 6 heteroatoms. The van der Waals surface area contributed by atoms with Crippen molar-refractivity contribution >= 4 is 33.4 Å². The first-order valence-electron chi connectivity index (χ1n) is 8.08. The van der Waals surface area contributed by atoms with Crippen LogP contribution in [-0.2, 0) is 6.42 Å². The molecule has 0 bridgehead atoms. The molecular weight excluding hydrogens is 378 g/mol. The van der Waals surface area contributed by atoms with Crippen LogP contribution in [0.15, 0.2) is 59.5 Å². The van der Waals surface area contributed by atoms with E-state index in [0.717, 1.165) is 28.9 Å². The molecule has 1 aromatic carbocycles. The summed E-state index contributed by atoms with van der Waals surface area (Å²) >= 11 is 3.58. The van der Waals surface area contributed by atoms with Crippen LogP contribution in [-0.4, -0.2) is 28.5 Å². The number of likely N-dealkylation sites (N-methyl/N-ethyl adjacent to an activating group) is 1. The van der Waals surface area contributed by atoms with Crippen molar-refractivity contribution in [1.29, 1.82) is 0 Å². The molecule has 0 radical (unpaired) electrons. The topological polar surface area (TPSA) is 53.9 Å². The summed E-state index contributed by atoms with van der Waals surface area (Å²) in [5, 5.41) is 3.34. The highest BCUT2D eigenvalue weighted by atomic mass is 79.9. The van der Waals surface area contributed by atoms with Crippen molar-refractivity contribution in [3.05, 3.63) is 70.6 Å². The van der Waals surface area contributed by atoms with Crippen LogP contribution >= 0.6 is 15.9 Å². The molecule has 5 nitrogen and oxygen atoms in total. The van der Waals surface area contributed by atoms with Crippen LogP contribution in [0, 0.1) is 6.92 Å². The van der Waals surface area contributed by atoms with E-state index in [4.69, 9.17) is 0 Å². The lowest BCUT2D eigenvalue weighted by molar-refractivity contribution is 0.837. The number of halogens is 1. The highest BCUT2D eigenvalue weighted by Gasteiger charge is 2.07. The van der Waals surface area contributed by atoms with Crippen molar-refractivity contribution in [2.45, 2.75) is 13.3 Å². The van der Waals surface area contributed by atoms with E-state index in [2.05, 4.69) is 60.2 Å². The van der Waals surface area contributed by atoms with Gasteiger partial charge in [0.1, 0.15) is 5.82 Å². The van der Waals surface area contributed by atoms with Crippen LogP contribution in [0.4, 0.5) is 17.5 Å². The predicted octanol–water partition coefficient (Wildman–Crippen LogP) is 4.37. The van der Waals surface area contributed by atoms with E-state index in [-0.39, 0.29) is 0 Å². The van der Waals surface area contributed by atoms with E-state index in [1.54, 1.807) is 6.20 Å². The number of aryl methyl sites for hydroxylation is 1. The molecule has 0 atom stereocenters. The van der Waals surface area contributed by atoms with Gasteiger partial charge in [0.25, 0.3) is 0 Å². The van der Waals surface area contributed by atoms with E-state index in [1.165, 1.54) is 11.1 Å². The van der Waals surface area contributed by atoms with Gasteiger partial charge in [0, 0.05) is 36.7 Å². The van der Waals surface area contributed by atoms with Gasteiger partial charge in [-0.05, 0) is 70.7 Å². The van der Waals surface area contributed by atoms with E-state index in [0.29, 0.717) is 5.95 Å². The second-order valence-corrected chi connectivity index (χ2v) is 6.73. The number of hydrogen-bond acceptors (Lipinski definition) is 5. The van der Waals surface area contributed by atoms with Crippen molar-refractivity contribution in [2.24, 2.45) is 0 Å². The van der Waals surface area contributed by atoms with E-state index in [1.807, 2.05) is 43.7 Å². The number of rotatable bonds is 6. The summed E-state index contributed by atoms with van der Waals surface area (Å²) < 4.78 is 1.01. The van der Waals surface area contributed by atoms with Gasteiger partial charge < -0.3 is 10.2 Å². The summed E-state index contributed by atoms with van der Waals surface area (Å²) in [7, 11) is 2.00. The molecule has 0 aliphatic carbocycles. The lowest BCUT2D eigenvalue weighted by Gasteiger charge is -2.18. The largest absolute Gasteiger partial charge is 0.343 e. The number of benzene rings is 1. The fourth-order valence-corrected chi connectivity index (χ4v) is 3.00. The average molecular weight is 398 g/mol. The lowest BCUT2D eigenvalue weighted by atomic mass is 10.2. The van der Waals surface area contributed by atoms with Crippen molar-refractivity contribution in [3.8, 4) is 0 Å². The third kappa shape index (κ3) is 4.76. The van der Waals surface area contributed by atoms with Gasteiger partial charge in [-0.1, -0.05) is 6.07 Å². The first-order valence-corrected chi connectivity index (χ1v) is 8.87. The van der Waals surface area contributed by atoms with Gasteiger partial charge in [0.2, 0.25) is 5.95 Å². The standard InChI is InChI=1S/C19H20BrN5/c1-14-3-4-17(16(20)13-14)23-18-7-11-22-19(24-18)25(2)12-8-15-5-9-21-10-6-15/h3-7,9-11,13H,8,12H2,1-2H3,(H,22,23,24). The Balaban J connectivity index is 1.68. The van der Waals surface area contributed by atoms with Crippen LogP contribution in [0.25, 0.3) is 0 Å². The van der Waals surface area contributed by atoms with Gasteiger partial charge in [-0.2, -0.15) is 4.98 Å². The fourth-order valence-electron chi connectivity index (χ4n) is 2.41. The minimum atomic E-state index is 0.697. The maximum absolute atomic E-state index is 4.61. The monoisotopic (exact) mass is 397 g/mol. The SMILES string of the molecule is Cc1ccc(Nc2ccnc(N(C)CCc3ccncc3)n2)c(Br)c1. The Kier molecular flexibility index (Phi) is 5.60. The highest BCUT2D eigenvalue weighted by molar-refractivity contribution is 9.10. The van der Waals surface area contributed by atoms with Crippen molar-refractivity contribution in [1.82, 2.24) is 15.0 Å². The molecular formula is C19H20BrN5. The Bertz CT molecular complexity index is 838. The summed E-state index contributed by atoms with van der Waals surface area (Å²) in [6.45, 7) is 2.90. The third-order valence-electron chi connectivity index (χ3n) is 3.86. The number of hydrogen-bond donors (Lipinski definition) is 1. The molecule has 2 aromatic heterocycles. The van der Waals surface area contributed by atoms with Crippen molar-refractivity contribution in [3.63, 3.8) is 0 Å². The molecule has 0 aliphatic rings. The van der Waals surface area contributed by atoms with E-state index < -0.39 is 0 Å². The zero-order chi connectivity index (χ0) is 17.6. The summed E-state index contributed by atoms with van der Waals surface area (Å²) in [4.78, 5) is 15.1. The van der Waals surface area contributed by atoms with Gasteiger partial charge in [-0.3, -0.25) is 4.98 Å². The second kappa shape index (κ2) is 8.07. The molecule has 0 saturated heterocycles. The number of aromatic nitrogens is 3. The Labute approximate surface area is 156 Å². The lowest BCUT2D eigenvalue weighted by Crippen LogP contribution is -2.22. The molecule has 0 fully saturated rings. The first-order chi connectivity index (χ1) is 12.1. The maximum Gasteiger partial charge on any atom is 0.227 e. The summed E-state index contributed by atoms with van der Waals surface area (Å²) in [5.41, 5.74) is 3.44. The Morgan fingerprint density at radius 2 is 1.88 bits per heavy atom. The minimum Gasteiger partial charge on any atom is -0.343 e. The molecule has 0 unspecified atom stereocenters. The number of pyridine rings is 1. The molecule has 2 heterocycles. The maximum atomic E-state index is 4.61. The van der Waals surface area contributed by atoms with Gasteiger partial charge in [0.15, 0.2) is 0 Å². The molecule has 0 aliphatic heterocycles. The molecule has 0 spiro atoms. The molecule has 25 heavy (non-hydrogen) atoms. The second-order valence-electron chi connectivity index (χ2n) is 5.88. The Morgan fingerprint density at radius 1 is 1.08 bits per heavy atom. The van der Waals surface area contributed by atoms with Gasteiger partial charge in [0.05, 0.1) is 5.69 Å². The Hall–Kier alpha value is -2.47. The van der Waals surface area contributed by atoms with Crippen LogP contribution in [0.3, 0.4) is 0 Å². The van der Waals surface area contributed by atoms with E-state index in [9.17, 15) is 0 Å². The molecule has 128 valence electrons. The zero-order valence-corrected chi connectivity index (χ0v) is 15.9. The zero-order valence-electron chi connectivity index (χ0n) is 14.3. The van der Waals surface area contributed by atoms with Gasteiger partial charge in [-0.25, -0.2) is 4.98 Å². The normalized spacial score (nSPS) is 10.5. The van der Waals surface area contributed by atoms with Gasteiger partial charge >= 0.3 is 0 Å². The van der Waals surface area contributed by atoms with Crippen LogP contribution in [0.1, 0.15) is 11.1 Å². The smallest absolute Gasteiger partial charge is 0.227 e. The molecule has 3 rings (SSSR count). The number of nitrogens with one attached hydrogen (secondary N) is 1. The summed E-state index contributed by atoms with van der Waals surface area (Å²) in [6.07, 6.45) is 6.32. The van der Waals surface area contributed by atoms with Gasteiger partial charge in [-0.15, -0.1) is 0 Å². The highest BCUT2D eigenvalue weighted by Crippen LogP contribution is 2.26. The first kappa shape index (κ1) is 17.4. The average Bonchev–Trinajstić information content (AvgIpc) is 2.63. The predicted molar refractivity (Wildman–Crippen MR) is 105 cm³/mol. The van der Waals surface area contributed by atoms with E-state index >= 15 is 0 Å². The van der Waals surface area contributed by atoms with Crippen molar-refractivity contribution in [2.75, 3.05) is 23.8 Å². The van der Waals surface area contributed by atoms with Crippen LogP contribution in [0.5, 0.6) is 0 Å².